The summed E-state index contributed by atoms with van der Waals surface area (Å²) in [7, 11) is 0.307. The number of allylic oxidation sites excluding steroid dienone is 6. The van der Waals surface area contributed by atoms with E-state index in [1.165, 1.54) is 0 Å². The van der Waals surface area contributed by atoms with E-state index in [2.05, 4.69) is 18.5 Å². The predicted molar refractivity (Wildman–Crippen MR) is 70.9 cm³/mol. The maximum Gasteiger partial charge on any atom is 0.241 e. The first-order valence-electron chi connectivity index (χ1n) is 5.60. The molecule has 1 atom stereocenters. The maximum atomic E-state index is 11.9. The van der Waals surface area contributed by atoms with E-state index in [1.807, 2.05) is 6.08 Å². The lowest BCUT2D eigenvalue weighted by Gasteiger charge is -2.07. The molecule has 17 heavy (non-hydrogen) atoms. The minimum Gasteiger partial charge on any atom is -0.347 e. The zero-order valence-corrected chi connectivity index (χ0v) is 9.82. The molecule has 0 aromatic rings. The van der Waals surface area contributed by atoms with Crippen molar-refractivity contribution in [1.82, 2.24) is 5.32 Å². The van der Waals surface area contributed by atoms with E-state index < -0.39 is 0 Å². The van der Waals surface area contributed by atoms with Crippen LogP contribution in [-0.4, -0.2) is 24.9 Å². The van der Waals surface area contributed by atoms with Gasteiger partial charge < -0.3 is 10.1 Å². The van der Waals surface area contributed by atoms with Crippen LogP contribution in [0, 0.1) is 0 Å². The van der Waals surface area contributed by atoms with Crippen molar-refractivity contribution in [3.05, 3.63) is 49.0 Å². The molecule has 4 heteroatoms. The Kier molecular flexibility index (Phi) is 5.20. The number of rotatable bonds is 6. The second-order valence-electron chi connectivity index (χ2n) is 3.87. The summed E-state index contributed by atoms with van der Waals surface area (Å²) in [6.45, 7) is 7.19. The van der Waals surface area contributed by atoms with Crippen molar-refractivity contribution in [3.8, 4) is 0 Å². The molecule has 3 nitrogen and oxygen atoms in total. The Morgan fingerprint density at radius 2 is 2.18 bits per heavy atom. The normalized spacial score (nSPS) is 20.1. The van der Waals surface area contributed by atoms with Gasteiger partial charge >= 0.3 is 0 Å². The van der Waals surface area contributed by atoms with Crippen molar-refractivity contribution >= 4 is 18.9 Å². The molecule has 88 valence electrons. The Balaban J connectivity index is 2.61. The van der Waals surface area contributed by atoms with Crippen molar-refractivity contribution in [3.63, 3.8) is 0 Å². The van der Waals surface area contributed by atoms with Crippen LogP contribution in [0.5, 0.6) is 0 Å². The van der Waals surface area contributed by atoms with Crippen molar-refractivity contribution in [2.75, 3.05) is 0 Å². The summed E-state index contributed by atoms with van der Waals surface area (Å²) in [5.74, 6) is -0.0424. The van der Waals surface area contributed by atoms with Gasteiger partial charge in [-0.1, -0.05) is 49.0 Å². The molecule has 0 aromatic carbocycles. The van der Waals surface area contributed by atoms with Crippen LogP contribution in [0.3, 0.4) is 0 Å². The molecule has 1 heterocycles. The van der Waals surface area contributed by atoms with Crippen molar-refractivity contribution in [2.45, 2.75) is 18.9 Å². The summed E-state index contributed by atoms with van der Waals surface area (Å²) in [5, 5.41) is 2.67. The molecule has 0 aromatic heterocycles. The Hall–Kier alpha value is -1.84. The number of hydrogen-bond donors (Lipinski definition) is 1. The van der Waals surface area contributed by atoms with E-state index in [-0.39, 0.29) is 17.6 Å². The fraction of sp³-hybridized carbons (Fsp3) is 0.231. The smallest absolute Gasteiger partial charge is 0.241 e. The van der Waals surface area contributed by atoms with Gasteiger partial charge in [0.25, 0.3) is 0 Å². The number of carbonyl (C=O) groups is 2. The fourth-order valence-corrected chi connectivity index (χ4v) is 1.70. The second kappa shape index (κ2) is 6.68. The van der Waals surface area contributed by atoms with Gasteiger partial charge in [-0.05, 0) is 6.42 Å². The van der Waals surface area contributed by atoms with E-state index in [4.69, 9.17) is 0 Å². The SMILES string of the molecule is C=C/C=C\C(BC(=O)C1CCC(=O)N1)=C/C=C. The van der Waals surface area contributed by atoms with Crippen molar-refractivity contribution in [2.24, 2.45) is 0 Å². The molecular formula is C13H16BNO2. The molecule has 1 fully saturated rings. The lowest BCUT2D eigenvalue weighted by Crippen LogP contribution is -2.36. The van der Waals surface area contributed by atoms with Crippen LogP contribution in [0.2, 0.25) is 0 Å². The molecule has 0 aliphatic carbocycles. The number of carbonyl (C=O) groups excluding carboxylic acids is 2. The third kappa shape index (κ3) is 4.27. The number of nitrogens with one attached hydrogen (secondary N) is 1. The maximum absolute atomic E-state index is 11.9. The molecule has 1 saturated heterocycles. The first-order valence-corrected chi connectivity index (χ1v) is 5.60. The van der Waals surface area contributed by atoms with Gasteiger partial charge in [-0.15, -0.1) is 0 Å². The minimum atomic E-state index is -0.326. The van der Waals surface area contributed by atoms with Crippen LogP contribution in [-0.2, 0) is 9.59 Å². The molecule has 0 bridgehead atoms. The molecule has 1 aliphatic rings. The number of amides is 1. The van der Waals surface area contributed by atoms with E-state index in [0.29, 0.717) is 20.1 Å². The van der Waals surface area contributed by atoms with Crippen molar-refractivity contribution < 1.29 is 9.59 Å². The third-order valence-electron chi connectivity index (χ3n) is 2.54. The van der Waals surface area contributed by atoms with Gasteiger partial charge in [0.15, 0.2) is 0 Å². The van der Waals surface area contributed by atoms with Crippen LogP contribution < -0.4 is 5.32 Å². The van der Waals surface area contributed by atoms with Crippen LogP contribution in [0.1, 0.15) is 12.8 Å². The van der Waals surface area contributed by atoms with E-state index in [0.717, 1.165) is 5.47 Å². The van der Waals surface area contributed by atoms with E-state index >= 15 is 0 Å². The Labute approximate surface area is 102 Å². The molecule has 1 amide bonds. The first kappa shape index (κ1) is 13.2. The van der Waals surface area contributed by atoms with Gasteiger partial charge in [0, 0.05) is 6.42 Å². The lowest BCUT2D eigenvalue weighted by molar-refractivity contribution is -0.121. The highest BCUT2D eigenvalue weighted by atomic mass is 16.2. The highest BCUT2D eigenvalue weighted by Crippen LogP contribution is 2.09. The van der Waals surface area contributed by atoms with Crippen LogP contribution in [0.25, 0.3) is 0 Å². The first-order chi connectivity index (χ1) is 8.17. The topological polar surface area (TPSA) is 46.2 Å². The summed E-state index contributed by atoms with van der Waals surface area (Å²) >= 11 is 0. The van der Waals surface area contributed by atoms with Gasteiger partial charge in [-0.3, -0.25) is 4.79 Å². The van der Waals surface area contributed by atoms with Crippen LogP contribution >= 0.6 is 0 Å². The van der Waals surface area contributed by atoms with Gasteiger partial charge in [0.1, 0.15) is 5.68 Å². The summed E-state index contributed by atoms with van der Waals surface area (Å²) < 4.78 is 0. The predicted octanol–water partition coefficient (Wildman–Crippen LogP) is 1.04. The quantitative estimate of drug-likeness (QED) is 0.546. The summed E-state index contributed by atoms with van der Waals surface area (Å²) in [6, 6.07) is -0.326. The average Bonchev–Trinajstić information content (AvgIpc) is 2.73. The zero-order valence-electron chi connectivity index (χ0n) is 9.82. The van der Waals surface area contributed by atoms with Gasteiger partial charge in [0.05, 0.1) is 6.04 Å². The van der Waals surface area contributed by atoms with Crippen molar-refractivity contribution in [1.29, 1.82) is 0 Å². The van der Waals surface area contributed by atoms with Gasteiger partial charge in [-0.25, -0.2) is 0 Å². The molecule has 1 rings (SSSR count). The van der Waals surface area contributed by atoms with E-state index in [1.54, 1.807) is 24.3 Å². The second-order valence-corrected chi connectivity index (χ2v) is 3.87. The molecule has 1 unspecified atom stereocenters. The molecule has 0 saturated carbocycles. The minimum absolute atomic E-state index is 0.0395. The monoisotopic (exact) mass is 229 g/mol. The highest BCUT2D eigenvalue weighted by Gasteiger charge is 2.27. The Morgan fingerprint density at radius 3 is 2.71 bits per heavy atom. The van der Waals surface area contributed by atoms with Gasteiger partial charge in [0.2, 0.25) is 13.2 Å². The highest BCUT2D eigenvalue weighted by molar-refractivity contribution is 6.81. The molecular weight excluding hydrogens is 213 g/mol. The summed E-state index contributed by atoms with van der Waals surface area (Å²) in [4.78, 5) is 22.9. The summed E-state index contributed by atoms with van der Waals surface area (Å²) in [6.07, 6.45) is 9.72. The van der Waals surface area contributed by atoms with Gasteiger partial charge in [-0.2, -0.15) is 0 Å². The Morgan fingerprint density at radius 1 is 1.41 bits per heavy atom. The molecule has 1 aliphatic heterocycles. The molecule has 0 radical (unpaired) electrons. The van der Waals surface area contributed by atoms with Crippen LogP contribution in [0.4, 0.5) is 0 Å². The fourth-order valence-electron chi connectivity index (χ4n) is 1.70. The summed E-state index contributed by atoms with van der Waals surface area (Å²) in [5.41, 5.74) is 0.906. The average molecular weight is 229 g/mol. The zero-order chi connectivity index (χ0) is 12.7. The lowest BCUT2D eigenvalue weighted by atomic mass is 9.62. The van der Waals surface area contributed by atoms with E-state index in [9.17, 15) is 9.59 Å². The third-order valence-corrected chi connectivity index (χ3v) is 2.54. The standard InChI is InChI=1S/C13H16BNO2/c1-3-5-7-10(6-4-2)14-13(17)11-8-9-12(16)15-11/h3-7,11,14H,1-2,8-9H2,(H,15,16)/b7-5-,10-6+. The molecule has 1 N–H and O–H groups in total. The number of hydrogen-bond acceptors (Lipinski definition) is 2. The Bertz CT molecular complexity index is 396. The molecule has 0 spiro atoms. The largest absolute Gasteiger partial charge is 0.347 e. The van der Waals surface area contributed by atoms with Crippen LogP contribution in [0.15, 0.2) is 49.0 Å².